The van der Waals surface area contributed by atoms with Gasteiger partial charge in [0, 0.05) is 24.5 Å². The molecule has 0 radical (unpaired) electrons. The standard InChI is InChI=1S/C14H15N7O/c1-3-20-12(8-16-19-20)14(22)17-13-10(2)9-21(18-13)11-5-4-6-15-7-11/h4-9H,3H2,1-2H3,(H,17,18,22). The summed E-state index contributed by atoms with van der Waals surface area (Å²) in [5.41, 5.74) is 2.08. The van der Waals surface area contributed by atoms with Gasteiger partial charge in [-0.25, -0.2) is 9.36 Å². The Morgan fingerprint density at radius 3 is 2.95 bits per heavy atom. The molecule has 0 bridgehead atoms. The molecule has 112 valence electrons. The molecular weight excluding hydrogens is 282 g/mol. The Labute approximate surface area is 126 Å². The highest BCUT2D eigenvalue weighted by Crippen LogP contribution is 2.16. The lowest BCUT2D eigenvalue weighted by Crippen LogP contribution is -2.18. The van der Waals surface area contributed by atoms with E-state index in [0.717, 1.165) is 11.3 Å². The first kappa shape index (κ1) is 13.9. The highest BCUT2D eigenvalue weighted by molar-refractivity contribution is 6.02. The zero-order chi connectivity index (χ0) is 15.5. The number of hydrogen-bond donors (Lipinski definition) is 1. The van der Waals surface area contributed by atoms with Crippen LogP contribution in [0.1, 0.15) is 23.0 Å². The molecule has 0 aromatic carbocycles. The predicted molar refractivity (Wildman–Crippen MR) is 79.7 cm³/mol. The van der Waals surface area contributed by atoms with Gasteiger partial charge in [-0.1, -0.05) is 5.21 Å². The van der Waals surface area contributed by atoms with Crippen LogP contribution < -0.4 is 5.32 Å². The number of carbonyl (C=O) groups excluding carboxylic acids is 1. The van der Waals surface area contributed by atoms with Crippen LogP contribution in [0.5, 0.6) is 0 Å². The maximum Gasteiger partial charge on any atom is 0.276 e. The lowest BCUT2D eigenvalue weighted by atomic mass is 10.3. The lowest BCUT2D eigenvalue weighted by Gasteiger charge is -2.04. The van der Waals surface area contributed by atoms with Gasteiger partial charge in [0.05, 0.1) is 18.1 Å². The molecule has 0 unspecified atom stereocenters. The number of anilines is 1. The second kappa shape index (κ2) is 5.76. The fraction of sp³-hybridized carbons (Fsp3) is 0.214. The van der Waals surface area contributed by atoms with Gasteiger partial charge < -0.3 is 5.32 Å². The maximum atomic E-state index is 12.3. The Kier molecular flexibility index (Phi) is 3.65. The number of amides is 1. The van der Waals surface area contributed by atoms with Crippen molar-refractivity contribution < 1.29 is 4.79 Å². The molecular formula is C14H15N7O. The maximum absolute atomic E-state index is 12.3. The van der Waals surface area contributed by atoms with E-state index < -0.39 is 0 Å². The van der Waals surface area contributed by atoms with Crippen molar-refractivity contribution in [2.24, 2.45) is 0 Å². The van der Waals surface area contributed by atoms with Crippen LogP contribution in [-0.4, -0.2) is 35.7 Å². The largest absolute Gasteiger partial charge is 0.303 e. The van der Waals surface area contributed by atoms with Crippen LogP contribution in [0, 0.1) is 6.92 Å². The summed E-state index contributed by atoms with van der Waals surface area (Å²) >= 11 is 0. The van der Waals surface area contributed by atoms with Crippen molar-refractivity contribution in [3.05, 3.63) is 48.2 Å². The quantitative estimate of drug-likeness (QED) is 0.787. The molecule has 1 amide bonds. The summed E-state index contributed by atoms with van der Waals surface area (Å²) in [5.74, 6) is 0.212. The first-order chi connectivity index (χ1) is 10.7. The molecule has 0 saturated heterocycles. The predicted octanol–water partition coefficient (Wildman–Crippen LogP) is 1.44. The van der Waals surface area contributed by atoms with Crippen molar-refractivity contribution in [2.75, 3.05) is 5.32 Å². The van der Waals surface area contributed by atoms with Crippen molar-refractivity contribution >= 4 is 11.7 Å². The number of rotatable bonds is 4. The van der Waals surface area contributed by atoms with E-state index in [0.29, 0.717) is 18.1 Å². The Morgan fingerprint density at radius 2 is 2.23 bits per heavy atom. The van der Waals surface area contributed by atoms with Crippen LogP contribution in [0.4, 0.5) is 5.82 Å². The highest BCUT2D eigenvalue weighted by atomic mass is 16.2. The Bertz CT molecular complexity index is 791. The summed E-state index contributed by atoms with van der Waals surface area (Å²) in [6, 6.07) is 3.72. The molecule has 0 spiro atoms. The fourth-order valence-corrected chi connectivity index (χ4v) is 2.04. The Balaban J connectivity index is 1.84. The zero-order valence-electron chi connectivity index (χ0n) is 12.3. The number of nitrogens with one attached hydrogen (secondary N) is 1. The van der Waals surface area contributed by atoms with Crippen LogP contribution in [0.15, 0.2) is 36.9 Å². The molecule has 8 nitrogen and oxygen atoms in total. The molecule has 3 aromatic rings. The van der Waals surface area contributed by atoms with Crippen molar-refractivity contribution in [2.45, 2.75) is 20.4 Å². The van der Waals surface area contributed by atoms with Gasteiger partial charge in [0.2, 0.25) is 0 Å². The highest BCUT2D eigenvalue weighted by Gasteiger charge is 2.15. The molecule has 22 heavy (non-hydrogen) atoms. The third kappa shape index (κ3) is 2.58. The van der Waals surface area contributed by atoms with Crippen LogP contribution >= 0.6 is 0 Å². The van der Waals surface area contributed by atoms with Crippen molar-refractivity contribution in [3.63, 3.8) is 0 Å². The number of carbonyl (C=O) groups is 1. The van der Waals surface area contributed by atoms with Gasteiger partial charge in [-0.05, 0) is 26.0 Å². The normalized spacial score (nSPS) is 10.6. The van der Waals surface area contributed by atoms with Crippen LogP contribution in [0.2, 0.25) is 0 Å². The SMILES string of the molecule is CCn1nncc1C(=O)Nc1nn(-c2cccnc2)cc1C. The van der Waals surface area contributed by atoms with Crippen molar-refractivity contribution in [3.8, 4) is 5.69 Å². The number of aryl methyl sites for hydroxylation is 2. The minimum Gasteiger partial charge on any atom is -0.303 e. The zero-order valence-corrected chi connectivity index (χ0v) is 12.3. The molecule has 0 aliphatic rings. The summed E-state index contributed by atoms with van der Waals surface area (Å²) in [6.45, 7) is 4.35. The van der Waals surface area contributed by atoms with E-state index in [1.807, 2.05) is 32.2 Å². The van der Waals surface area contributed by atoms with Gasteiger partial charge in [0.1, 0.15) is 5.69 Å². The molecule has 0 aliphatic carbocycles. The molecule has 3 aromatic heterocycles. The minimum absolute atomic E-state index is 0.286. The Morgan fingerprint density at radius 1 is 1.36 bits per heavy atom. The minimum atomic E-state index is -0.286. The van der Waals surface area contributed by atoms with E-state index in [-0.39, 0.29) is 5.91 Å². The van der Waals surface area contributed by atoms with E-state index in [1.165, 1.54) is 10.9 Å². The monoisotopic (exact) mass is 297 g/mol. The third-order valence-electron chi connectivity index (χ3n) is 3.19. The summed E-state index contributed by atoms with van der Waals surface area (Å²) < 4.78 is 3.20. The third-order valence-corrected chi connectivity index (χ3v) is 3.19. The number of pyridine rings is 1. The first-order valence-corrected chi connectivity index (χ1v) is 6.85. The average molecular weight is 297 g/mol. The molecule has 3 heterocycles. The summed E-state index contributed by atoms with van der Waals surface area (Å²) in [6.07, 6.45) is 6.67. The summed E-state index contributed by atoms with van der Waals surface area (Å²) in [4.78, 5) is 16.3. The van der Waals surface area contributed by atoms with Gasteiger partial charge in [-0.15, -0.1) is 10.2 Å². The van der Waals surface area contributed by atoms with E-state index in [1.54, 1.807) is 17.1 Å². The summed E-state index contributed by atoms with van der Waals surface area (Å²) in [5, 5.41) is 14.8. The van der Waals surface area contributed by atoms with E-state index in [4.69, 9.17) is 0 Å². The number of hydrogen-bond acceptors (Lipinski definition) is 5. The summed E-state index contributed by atoms with van der Waals surface area (Å²) in [7, 11) is 0. The van der Waals surface area contributed by atoms with Crippen molar-refractivity contribution in [1.29, 1.82) is 0 Å². The smallest absolute Gasteiger partial charge is 0.276 e. The molecule has 0 saturated carbocycles. The molecule has 8 heteroatoms. The second-order valence-corrected chi connectivity index (χ2v) is 4.71. The van der Waals surface area contributed by atoms with Gasteiger partial charge in [-0.3, -0.25) is 9.78 Å². The van der Waals surface area contributed by atoms with Gasteiger partial charge in [0.15, 0.2) is 5.82 Å². The molecule has 3 rings (SSSR count). The lowest BCUT2D eigenvalue weighted by molar-refractivity contribution is 0.101. The molecule has 1 N–H and O–H groups in total. The van der Waals surface area contributed by atoms with Gasteiger partial charge in [0.25, 0.3) is 5.91 Å². The van der Waals surface area contributed by atoms with Crippen molar-refractivity contribution in [1.82, 2.24) is 29.8 Å². The second-order valence-electron chi connectivity index (χ2n) is 4.71. The fourth-order valence-electron chi connectivity index (χ4n) is 2.04. The van der Waals surface area contributed by atoms with Crippen LogP contribution in [0.3, 0.4) is 0 Å². The van der Waals surface area contributed by atoms with Crippen LogP contribution in [0.25, 0.3) is 5.69 Å². The van der Waals surface area contributed by atoms with E-state index in [2.05, 4.69) is 25.7 Å². The topological polar surface area (TPSA) is 90.5 Å². The number of aromatic nitrogens is 6. The first-order valence-electron chi connectivity index (χ1n) is 6.85. The average Bonchev–Trinajstić information content (AvgIpc) is 3.15. The van der Waals surface area contributed by atoms with E-state index in [9.17, 15) is 4.79 Å². The van der Waals surface area contributed by atoms with Gasteiger partial charge in [-0.2, -0.15) is 0 Å². The molecule has 0 atom stereocenters. The Hall–Kier alpha value is -3.03. The molecule has 0 aliphatic heterocycles. The number of nitrogens with zero attached hydrogens (tertiary/aromatic N) is 6. The molecule has 0 fully saturated rings. The van der Waals surface area contributed by atoms with E-state index >= 15 is 0 Å². The van der Waals surface area contributed by atoms with Crippen LogP contribution in [-0.2, 0) is 6.54 Å². The van der Waals surface area contributed by atoms with Gasteiger partial charge >= 0.3 is 0 Å².